The molecule has 0 aliphatic carbocycles. The maximum atomic E-state index is 5.90. The molecule has 1 aliphatic rings. The molecule has 0 aromatic heterocycles. The molecule has 110 valence electrons. The largest absolute Gasteiger partial charge is 0.384 e. The van der Waals surface area contributed by atoms with Crippen molar-refractivity contribution in [1.82, 2.24) is 10.2 Å². The summed E-state index contributed by atoms with van der Waals surface area (Å²) in [6.45, 7) is 6.51. The molecule has 0 amide bonds. The molecule has 2 rings (SSSR count). The fourth-order valence-electron chi connectivity index (χ4n) is 2.67. The Morgan fingerprint density at radius 1 is 1.35 bits per heavy atom. The molecule has 3 N–H and O–H groups in total. The number of hydrogen-bond acceptors (Lipinski definition) is 4. The zero-order valence-electron chi connectivity index (χ0n) is 12.6. The molecule has 20 heavy (non-hydrogen) atoms. The number of nitrogens with one attached hydrogen (secondary N) is 1. The molecule has 0 unspecified atom stereocenters. The number of rotatable bonds is 6. The Hall–Kier alpha value is -1.68. The second-order valence-corrected chi connectivity index (χ2v) is 5.23. The lowest BCUT2D eigenvalue weighted by molar-refractivity contribution is 0.331. The number of hydrogen-bond donors (Lipinski definition) is 2. The van der Waals surface area contributed by atoms with Gasteiger partial charge >= 0.3 is 0 Å². The second-order valence-electron chi connectivity index (χ2n) is 5.23. The minimum Gasteiger partial charge on any atom is -0.384 e. The number of anilines is 1. The molecule has 1 fully saturated rings. The van der Waals surface area contributed by atoms with Gasteiger partial charge in [-0.05, 0) is 44.5 Å². The summed E-state index contributed by atoms with van der Waals surface area (Å²) in [7, 11) is 1.84. The van der Waals surface area contributed by atoms with Crippen LogP contribution in [0.4, 0.5) is 5.69 Å². The third kappa shape index (κ3) is 3.67. The summed E-state index contributed by atoms with van der Waals surface area (Å²) in [6.07, 6.45) is 4.63. The van der Waals surface area contributed by atoms with Gasteiger partial charge in [-0.25, -0.2) is 0 Å². The average Bonchev–Trinajstić information content (AvgIpc) is 2.98. The first kappa shape index (κ1) is 14.7. The maximum absolute atomic E-state index is 5.90. The third-order valence-electron chi connectivity index (χ3n) is 3.82. The maximum Gasteiger partial charge on any atom is 0.112 e. The Bertz CT molecular complexity index is 450. The Labute approximate surface area is 122 Å². The van der Waals surface area contributed by atoms with Gasteiger partial charge < -0.3 is 16.0 Å². The zero-order chi connectivity index (χ0) is 14.4. The van der Waals surface area contributed by atoms with Gasteiger partial charge in [-0.1, -0.05) is 18.2 Å². The van der Waals surface area contributed by atoms with Crippen LogP contribution in [0.3, 0.4) is 0 Å². The van der Waals surface area contributed by atoms with Crippen LogP contribution < -0.4 is 16.0 Å². The summed E-state index contributed by atoms with van der Waals surface area (Å²) in [4.78, 5) is 4.73. The summed E-state index contributed by atoms with van der Waals surface area (Å²) >= 11 is 0. The summed E-state index contributed by atoms with van der Waals surface area (Å²) in [5.74, 6) is 0.683. The predicted molar refractivity (Wildman–Crippen MR) is 85.3 cm³/mol. The van der Waals surface area contributed by atoms with E-state index >= 15 is 0 Å². The van der Waals surface area contributed by atoms with E-state index in [1.807, 2.05) is 13.2 Å². The quantitative estimate of drug-likeness (QED) is 0.834. The van der Waals surface area contributed by atoms with Gasteiger partial charge in [-0.2, -0.15) is 0 Å². The van der Waals surface area contributed by atoms with Gasteiger partial charge in [0.15, 0.2) is 0 Å². The summed E-state index contributed by atoms with van der Waals surface area (Å²) in [5, 5.41) is 2.98. The van der Waals surface area contributed by atoms with E-state index < -0.39 is 0 Å². The van der Waals surface area contributed by atoms with Crippen LogP contribution in [0, 0.1) is 0 Å². The first-order chi connectivity index (χ1) is 9.74. The van der Waals surface area contributed by atoms with Crippen LogP contribution >= 0.6 is 0 Å². The molecule has 0 atom stereocenters. The molecule has 1 saturated heterocycles. The zero-order valence-corrected chi connectivity index (χ0v) is 12.6. The molecule has 4 nitrogen and oxygen atoms in total. The van der Waals surface area contributed by atoms with Crippen LogP contribution in [0.25, 0.3) is 0 Å². The van der Waals surface area contributed by atoms with E-state index in [4.69, 9.17) is 5.73 Å². The van der Waals surface area contributed by atoms with Gasteiger partial charge in [0.05, 0.1) is 0 Å². The summed E-state index contributed by atoms with van der Waals surface area (Å²) in [6, 6.07) is 8.61. The van der Waals surface area contributed by atoms with Gasteiger partial charge in [0.1, 0.15) is 5.82 Å². The van der Waals surface area contributed by atoms with Crippen LogP contribution in [-0.4, -0.2) is 31.6 Å². The smallest absolute Gasteiger partial charge is 0.112 e. The van der Waals surface area contributed by atoms with E-state index in [-0.39, 0.29) is 0 Å². The molecule has 4 heteroatoms. The molecule has 1 aromatic rings. The summed E-state index contributed by atoms with van der Waals surface area (Å²) in [5.41, 5.74) is 8.52. The van der Waals surface area contributed by atoms with E-state index in [1.165, 1.54) is 37.2 Å². The van der Waals surface area contributed by atoms with Crippen molar-refractivity contribution in [1.29, 1.82) is 0 Å². The van der Waals surface area contributed by atoms with Gasteiger partial charge in [0, 0.05) is 32.0 Å². The van der Waals surface area contributed by atoms with Crippen LogP contribution in [0.15, 0.2) is 36.3 Å². The number of likely N-dealkylation sites (tertiary alicyclic amines) is 1. The average molecular weight is 274 g/mol. The molecule has 1 aromatic carbocycles. The predicted octanol–water partition coefficient (Wildman–Crippen LogP) is 2.09. The van der Waals surface area contributed by atoms with Crippen LogP contribution in [0.2, 0.25) is 0 Å². The first-order valence-corrected chi connectivity index (χ1v) is 7.46. The SMILES string of the molecule is CCN(/C=C(/N)NC)c1ccccc1CN1CCCC1. The van der Waals surface area contributed by atoms with Crippen LogP contribution in [0.5, 0.6) is 0 Å². The van der Waals surface area contributed by atoms with Crippen LogP contribution in [0.1, 0.15) is 25.3 Å². The van der Waals surface area contributed by atoms with Crippen molar-refractivity contribution < 1.29 is 0 Å². The highest BCUT2D eigenvalue weighted by molar-refractivity contribution is 5.56. The van der Waals surface area contributed by atoms with Crippen molar-refractivity contribution in [2.45, 2.75) is 26.3 Å². The van der Waals surface area contributed by atoms with Crippen molar-refractivity contribution in [3.8, 4) is 0 Å². The van der Waals surface area contributed by atoms with Crippen molar-refractivity contribution in [2.75, 3.05) is 31.6 Å². The summed E-state index contributed by atoms with van der Waals surface area (Å²) < 4.78 is 0. The third-order valence-corrected chi connectivity index (χ3v) is 3.82. The molecule has 0 radical (unpaired) electrons. The molecule has 0 saturated carbocycles. The minimum absolute atomic E-state index is 0.683. The standard InChI is InChI=1S/C16H26N4/c1-3-20(13-16(17)18-2)15-9-5-4-8-14(15)12-19-10-6-7-11-19/h4-5,8-9,13,18H,3,6-7,10-12,17H2,1-2H3/b16-13-. The Kier molecular flexibility index (Phi) is 5.30. The first-order valence-electron chi connectivity index (χ1n) is 7.46. The van der Waals surface area contributed by atoms with Gasteiger partial charge in [-0.15, -0.1) is 0 Å². The van der Waals surface area contributed by atoms with Crippen molar-refractivity contribution in [3.05, 3.63) is 41.8 Å². The van der Waals surface area contributed by atoms with E-state index in [2.05, 4.69) is 46.3 Å². The lowest BCUT2D eigenvalue weighted by Gasteiger charge is -2.25. The highest BCUT2D eigenvalue weighted by Gasteiger charge is 2.15. The van der Waals surface area contributed by atoms with Gasteiger partial charge in [0.25, 0.3) is 0 Å². The molecule has 1 heterocycles. The highest BCUT2D eigenvalue weighted by Crippen LogP contribution is 2.24. The molecular weight excluding hydrogens is 248 g/mol. The fraction of sp³-hybridized carbons (Fsp3) is 0.500. The normalized spacial score (nSPS) is 16.4. The number of nitrogens with zero attached hydrogens (tertiary/aromatic N) is 2. The minimum atomic E-state index is 0.683. The molecule has 1 aliphatic heterocycles. The second kappa shape index (κ2) is 7.20. The highest BCUT2D eigenvalue weighted by atomic mass is 15.2. The van der Waals surface area contributed by atoms with Crippen LogP contribution in [-0.2, 0) is 6.54 Å². The number of para-hydroxylation sites is 1. The van der Waals surface area contributed by atoms with E-state index in [9.17, 15) is 0 Å². The fourth-order valence-corrected chi connectivity index (χ4v) is 2.67. The van der Waals surface area contributed by atoms with E-state index in [1.54, 1.807) is 0 Å². The number of nitrogens with two attached hydrogens (primary N) is 1. The Morgan fingerprint density at radius 2 is 2.05 bits per heavy atom. The molecule has 0 bridgehead atoms. The van der Waals surface area contributed by atoms with Crippen molar-refractivity contribution >= 4 is 5.69 Å². The topological polar surface area (TPSA) is 44.5 Å². The van der Waals surface area contributed by atoms with Crippen molar-refractivity contribution in [3.63, 3.8) is 0 Å². The van der Waals surface area contributed by atoms with E-state index in [0.29, 0.717) is 5.82 Å². The lowest BCUT2D eigenvalue weighted by atomic mass is 10.1. The van der Waals surface area contributed by atoms with E-state index in [0.717, 1.165) is 13.1 Å². The lowest BCUT2D eigenvalue weighted by Crippen LogP contribution is -2.25. The Balaban J connectivity index is 2.20. The number of benzene rings is 1. The van der Waals surface area contributed by atoms with Gasteiger partial charge in [-0.3, -0.25) is 4.90 Å². The van der Waals surface area contributed by atoms with Gasteiger partial charge in [0.2, 0.25) is 0 Å². The molecular formula is C16H26N4. The molecule has 0 spiro atoms. The van der Waals surface area contributed by atoms with Crippen molar-refractivity contribution in [2.24, 2.45) is 5.73 Å². The Morgan fingerprint density at radius 3 is 2.70 bits per heavy atom. The monoisotopic (exact) mass is 274 g/mol.